The van der Waals surface area contributed by atoms with Crippen LogP contribution in [-0.4, -0.2) is 42.0 Å². The van der Waals surface area contributed by atoms with E-state index in [0.29, 0.717) is 40.6 Å². The fourth-order valence-electron chi connectivity index (χ4n) is 5.73. The van der Waals surface area contributed by atoms with Crippen molar-refractivity contribution in [1.29, 1.82) is 0 Å². The van der Waals surface area contributed by atoms with Gasteiger partial charge in [-0.05, 0) is 42.8 Å². The van der Waals surface area contributed by atoms with Crippen LogP contribution in [0, 0.1) is 10.1 Å². The number of carbonyl (C=O) groups is 3. The van der Waals surface area contributed by atoms with E-state index in [1.807, 2.05) is 0 Å². The van der Waals surface area contributed by atoms with Crippen molar-refractivity contribution in [3.05, 3.63) is 94.0 Å². The SMILES string of the molecule is CCCCCCCCCCCCN(C(=O)Oc1ccc(C=O)cc1[N+](=O)[O-])c1cccc2c(O)c(C(=O)Nc3ccccc3OC)ccc12. The number of nitro benzene ring substituents is 1. The summed E-state index contributed by atoms with van der Waals surface area (Å²) in [6.07, 6.45) is 10.5. The topological polar surface area (TPSA) is 148 Å². The van der Waals surface area contributed by atoms with Crippen molar-refractivity contribution in [3.8, 4) is 17.2 Å². The average molecular weight is 670 g/mol. The van der Waals surface area contributed by atoms with Gasteiger partial charge in [0.25, 0.3) is 5.91 Å². The molecule has 2 N–H and O–H groups in total. The number of carbonyl (C=O) groups excluding carboxylic acids is 3. The van der Waals surface area contributed by atoms with Gasteiger partial charge in [-0.1, -0.05) is 95.0 Å². The first-order valence-electron chi connectivity index (χ1n) is 16.7. The Labute approximate surface area is 286 Å². The predicted octanol–water partition coefficient (Wildman–Crippen LogP) is 9.45. The van der Waals surface area contributed by atoms with E-state index >= 15 is 0 Å². The number of fused-ring (bicyclic) bond motifs is 1. The lowest BCUT2D eigenvalue weighted by Gasteiger charge is -2.24. The first kappa shape index (κ1) is 36.4. The van der Waals surface area contributed by atoms with Crippen LogP contribution in [0.5, 0.6) is 17.2 Å². The number of methoxy groups -OCH3 is 1. The fourth-order valence-corrected chi connectivity index (χ4v) is 5.73. The number of benzene rings is 4. The summed E-state index contributed by atoms with van der Waals surface area (Å²) < 4.78 is 10.9. The Hall–Kier alpha value is -5.45. The van der Waals surface area contributed by atoms with Gasteiger partial charge in [0.05, 0.1) is 29.0 Å². The third kappa shape index (κ3) is 9.56. The molecular formula is C38H43N3O8. The van der Waals surface area contributed by atoms with Gasteiger partial charge in [-0.3, -0.25) is 24.6 Å². The molecule has 4 aromatic carbocycles. The Balaban J connectivity index is 1.59. The molecule has 0 saturated carbocycles. The van der Waals surface area contributed by atoms with Crippen molar-refractivity contribution in [1.82, 2.24) is 0 Å². The third-order valence-electron chi connectivity index (χ3n) is 8.37. The zero-order chi connectivity index (χ0) is 35.2. The number of unbranched alkanes of at least 4 members (excludes halogenated alkanes) is 9. The zero-order valence-corrected chi connectivity index (χ0v) is 28.0. The number of para-hydroxylation sites is 2. The minimum Gasteiger partial charge on any atom is -0.506 e. The Morgan fingerprint density at radius 1 is 0.857 bits per heavy atom. The number of ether oxygens (including phenoxy) is 2. The summed E-state index contributed by atoms with van der Waals surface area (Å²) in [6, 6.07) is 18.6. The molecule has 0 bridgehead atoms. The molecule has 4 rings (SSSR count). The van der Waals surface area contributed by atoms with Gasteiger partial charge in [-0.2, -0.15) is 0 Å². The maximum absolute atomic E-state index is 13.8. The minimum absolute atomic E-state index is 0.0188. The summed E-state index contributed by atoms with van der Waals surface area (Å²) in [5, 5.41) is 26.6. The summed E-state index contributed by atoms with van der Waals surface area (Å²) in [6.45, 7) is 2.44. The van der Waals surface area contributed by atoms with Crippen molar-refractivity contribution < 1.29 is 33.9 Å². The predicted molar refractivity (Wildman–Crippen MR) is 190 cm³/mol. The fraction of sp³-hybridized carbons (Fsp3) is 0.342. The first-order chi connectivity index (χ1) is 23.8. The normalized spacial score (nSPS) is 10.8. The molecule has 0 saturated heterocycles. The van der Waals surface area contributed by atoms with E-state index < -0.39 is 22.6 Å². The maximum atomic E-state index is 13.8. The Kier molecular flexibility index (Phi) is 13.5. The molecule has 11 heteroatoms. The smallest absolute Gasteiger partial charge is 0.420 e. The highest BCUT2D eigenvalue weighted by atomic mass is 16.6. The largest absolute Gasteiger partial charge is 0.506 e. The lowest BCUT2D eigenvalue weighted by molar-refractivity contribution is -0.385. The van der Waals surface area contributed by atoms with E-state index in [9.17, 15) is 29.6 Å². The molecule has 0 unspecified atom stereocenters. The number of nitrogens with zero attached hydrogens (tertiary/aromatic N) is 2. The number of nitro groups is 1. The number of aromatic hydroxyl groups is 1. The number of anilines is 2. The zero-order valence-electron chi connectivity index (χ0n) is 28.0. The van der Waals surface area contributed by atoms with Crippen LogP contribution >= 0.6 is 0 Å². The van der Waals surface area contributed by atoms with Crippen molar-refractivity contribution in [2.45, 2.75) is 71.1 Å². The highest BCUT2D eigenvalue weighted by Gasteiger charge is 2.26. The second-order valence-corrected chi connectivity index (χ2v) is 11.8. The van der Waals surface area contributed by atoms with Gasteiger partial charge in [0.2, 0.25) is 5.75 Å². The van der Waals surface area contributed by atoms with E-state index in [1.165, 1.54) is 62.3 Å². The molecule has 0 atom stereocenters. The van der Waals surface area contributed by atoms with E-state index in [4.69, 9.17) is 9.47 Å². The summed E-state index contributed by atoms with van der Waals surface area (Å²) >= 11 is 0. The van der Waals surface area contributed by atoms with Crippen molar-refractivity contribution in [2.75, 3.05) is 23.9 Å². The molecular weight excluding hydrogens is 626 g/mol. The highest BCUT2D eigenvalue weighted by Crippen LogP contribution is 2.37. The number of amides is 2. The molecule has 0 aliphatic heterocycles. The van der Waals surface area contributed by atoms with Crippen LogP contribution < -0.4 is 19.7 Å². The van der Waals surface area contributed by atoms with Gasteiger partial charge in [-0.25, -0.2) is 4.79 Å². The number of aldehydes is 1. The van der Waals surface area contributed by atoms with Gasteiger partial charge in [0.15, 0.2) is 0 Å². The number of nitrogens with one attached hydrogen (secondary N) is 1. The van der Waals surface area contributed by atoms with Crippen LogP contribution in [0.2, 0.25) is 0 Å². The molecule has 0 radical (unpaired) electrons. The van der Waals surface area contributed by atoms with E-state index in [-0.39, 0.29) is 29.2 Å². The van der Waals surface area contributed by atoms with Crippen LogP contribution in [0.1, 0.15) is 91.8 Å². The number of hydrogen-bond donors (Lipinski definition) is 2. The maximum Gasteiger partial charge on any atom is 0.420 e. The van der Waals surface area contributed by atoms with Gasteiger partial charge in [-0.15, -0.1) is 0 Å². The summed E-state index contributed by atoms with van der Waals surface area (Å²) in [7, 11) is 1.49. The molecule has 4 aromatic rings. The number of phenols is 1. The van der Waals surface area contributed by atoms with Crippen LogP contribution in [0.4, 0.5) is 21.9 Å². The second-order valence-electron chi connectivity index (χ2n) is 11.8. The second kappa shape index (κ2) is 18.2. The molecule has 0 aromatic heterocycles. The van der Waals surface area contributed by atoms with E-state index in [0.717, 1.165) is 31.7 Å². The van der Waals surface area contributed by atoms with Gasteiger partial charge < -0.3 is 19.9 Å². The van der Waals surface area contributed by atoms with Crippen molar-refractivity contribution in [2.24, 2.45) is 0 Å². The number of hydrogen-bond acceptors (Lipinski definition) is 8. The van der Waals surface area contributed by atoms with E-state index in [2.05, 4.69) is 12.2 Å². The molecule has 0 aliphatic carbocycles. The van der Waals surface area contributed by atoms with Crippen LogP contribution in [0.15, 0.2) is 72.8 Å². The van der Waals surface area contributed by atoms with Crippen molar-refractivity contribution in [3.63, 3.8) is 0 Å². The summed E-state index contributed by atoms with van der Waals surface area (Å²) in [4.78, 5) is 50.7. The standard InChI is InChI=1S/C38H43N3O8/c1-3-4-5-6-7-8-9-10-11-14-24-40(38(45)49-35-23-20-27(26-42)25-33(35)41(46)47)32-18-15-16-29-28(32)21-22-30(36(29)43)37(44)39-31-17-12-13-19-34(31)48-2/h12-13,15-23,25-26,43H,3-11,14,24H2,1-2H3,(H,39,44). The first-order valence-corrected chi connectivity index (χ1v) is 16.7. The third-order valence-corrected chi connectivity index (χ3v) is 8.37. The molecule has 0 fully saturated rings. The molecule has 0 spiro atoms. The van der Waals surface area contributed by atoms with Gasteiger partial charge in [0.1, 0.15) is 17.8 Å². The molecule has 49 heavy (non-hydrogen) atoms. The quantitative estimate of drug-likeness (QED) is 0.0461. The van der Waals surface area contributed by atoms with Crippen LogP contribution in [0.25, 0.3) is 10.8 Å². The lowest BCUT2D eigenvalue weighted by Crippen LogP contribution is -2.34. The lowest BCUT2D eigenvalue weighted by atomic mass is 10.0. The molecule has 0 aliphatic rings. The van der Waals surface area contributed by atoms with Crippen LogP contribution in [0.3, 0.4) is 0 Å². The Morgan fingerprint density at radius 3 is 2.22 bits per heavy atom. The molecule has 11 nitrogen and oxygen atoms in total. The highest BCUT2D eigenvalue weighted by molar-refractivity contribution is 6.12. The Morgan fingerprint density at radius 2 is 1.55 bits per heavy atom. The Bertz CT molecular complexity index is 1770. The summed E-state index contributed by atoms with van der Waals surface area (Å²) in [5.74, 6) is -0.672. The molecule has 0 heterocycles. The van der Waals surface area contributed by atoms with Gasteiger partial charge in [0, 0.05) is 28.9 Å². The monoisotopic (exact) mass is 669 g/mol. The van der Waals surface area contributed by atoms with E-state index in [1.54, 1.807) is 48.5 Å². The van der Waals surface area contributed by atoms with Crippen LogP contribution in [-0.2, 0) is 0 Å². The average Bonchev–Trinajstić information content (AvgIpc) is 3.11. The number of phenolic OH excluding ortho intramolecular Hbond substituents is 1. The summed E-state index contributed by atoms with van der Waals surface area (Å²) in [5.41, 5.74) is 0.411. The molecule has 258 valence electrons. The number of rotatable bonds is 18. The van der Waals surface area contributed by atoms with Gasteiger partial charge >= 0.3 is 11.8 Å². The minimum atomic E-state index is -0.858. The molecule has 2 amide bonds. The van der Waals surface area contributed by atoms with Crippen molar-refractivity contribution >= 4 is 46.1 Å².